The molecule has 1 amide bonds. The number of rotatable bonds is 2. The van der Waals surface area contributed by atoms with Crippen LogP contribution in [0.15, 0.2) is 22.8 Å². The average molecular weight is 210 g/mol. The van der Waals surface area contributed by atoms with Gasteiger partial charge in [0, 0.05) is 17.8 Å². The highest BCUT2D eigenvalue weighted by Crippen LogP contribution is 2.26. The van der Waals surface area contributed by atoms with Crippen LogP contribution in [-0.2, 0) is 4.79 Å². The van der Waals surface area contributed by atoms with Crippen molar-refractivity contribution in [3.63, 3.8) is 0 Å². The number of nitrogens with one attached hydrogen (secondary N) is 1. The number of carbonyl (C=O) groups excluding carboxylic acids is 1. The summed E-state index contributed by atoms with van der Waals surface area (Å²) in [7, 11) is 0. The van der Waals surface area contributed by atoms with Crippen LogP contribution >= 0.6 is 0 Å². The monoisotopic (exact) mass is 210 g/mol. The highest BCUT2D eigenvalue weighted by Gasteiger charge is 2.39. The summed E-state index contributed by atoms with van der Waals surface area (Å²) in [6.45, 7) is 0. The van der Waals surface area contributed by atoms with Gasteiger partial charge in [-0.25, -0.2) is 0 Å². The van der Waals surface area contributed by atoms with Crippen molar-refractivity contribution in [1.29, 1.82) is 0 Å². The molecule has 2 heterocycles. The van der Waals surface area contributed by atoms with E-state index in [1.807, 2.05) is 0 Å². The first-order chi connectivity index (χ1) is 7.18. The third-order valence-electron chi connectivity index (χ3n) is 2.49. The van der Waals surface area contributed by atoms with Gasteiger partial charge in [-0.1, -0.05) is 0 Å². The molecule has 0 unspecified atom stereocenters. The Kier molecular flexibility index (Phi) is 2.40. The lowest BCUT2D eigenvalue weighted by Gasteiger charge is -2.24. The number of amides is 1. The smallest absolute Gasteiger partial charge is 0.240 e. The molecular weight excluding hydrogens is 200 g/mol. The average Bonchev–Trinajstić information content (AvgIpc) is 2.69. The number of furan rings is 1. The molecule has 0 saturated carbocycles. The van der Waals surface area contributed by atoms with Crippen LogP contribution in [0.25, 0.3) is 0 Å². The lowest BCUT2D eigenvalue weighted by molar-refractivity contribution is -0.530. The Morgan fingerprint density at radius 3 is 3.00 bits per heavy atom. The van der Waals surface area contributed by atoms with Crippen LogP contribution in [0.4, 0.5) is 0 Å². The van der Waals surface area contributed by atoms with Gasteiger partial charge in [0.25, 0.3) is 0 Å². The molecule has 0 spiro atoms. The Bertz CT molecular complexity index is 373. The van der Waals surface area contributed by atoms with E-state index in [0.29, 0.717) is 5.76 Å². The zero-order valence-electron chi connectivity index (χ0n) is 7.88. The van der Waals surface area contributed by atoms with E-state index < -0.39 is 12.1 Å². The fraction of sp³-hybridized carbons (Fsp3) is 0.444. The largest absolute Gasteiger partial charge is 0.467 e. The number of carbonyl (C=O) groups is 1. The summed E-state index contributed by atoms with van der Waals surface area (Å²) in [5.74, 6) is 0.263. The van der Waals surface area contributed by atoms with Crippen LogP contribution in [0.3, 0.4) is 0 Å². The van der Waals surface area contributed by atoms with Crippen LogP contribution in [0.5, 0.6) is 0 Å². The van der Waals surface area contributed by atoms with Gasteiger partial charge >= 0.3 is 0 Å². The quantitative estimate of drug-likeness (QED) is 0.579. The normalized spacial score (nSPS) is 26.0. The van der Waals surface area contributed by atoms with Gasteiger partial charge in [-0.2, -0.15) is 0 Å². The maximum atomic E-state index is 11.2. The summed E-state index contributed by atoms with van der Waals surface area (Å²) in [6.07, 6.45) is 1.89. The highest BCUT2D eigenvalue weighted by molar-refractivity contribution is 5.77. The SMILES string of the molecule is O=C1CC[C@H]([N+](=O)[O-])[C@H](c2ccco2)N1. The molecule has 1 aromatic rings. The van der Waals surface area contributed by atoms with Crippen molar-refractivity contribution in [3.8, 4) is 0 Å². The van der Waals surface area contributed by atoms with Crippen molar-refractivity contribution in [2.45, 2.75) is 24.9 Å². The lowest BCUT2D eigenvalue weighted by Crippen LogP contribution is -2.44. The van der Waals surface area contributed by atoms with Crippen molar-refractivity contribution in [2.75, 3.05) is 0 Å². The van der Waals surface area contributed by atoms with E-state index in [0.717, 1.165) is 0 Å². The first kappa shape index (κ1) is 9.70. The fourth-order valence-electron chi connectivity index (χ4n) is 1.74. The van der Waals surface area contributed by atoms with Crippen LogP contribution < -0.4 is 5.32 Å². The van der Waals surface area contributed by atoms with Crippen molar-refractivity contribution in [3.05, 3.63) is 34.3 Å². The Morgan fingerprint density at radius 2 is 2.40 bits per heavy atom. The predicted molar refractivity (Wildman–Crippen MR) is 49.6 cm³/mol. The maximum Gasteiger partial charge on any atom is 0.240 e. The van der Waals surface area contributed by atoms with Crippen molar-refractivity contribution in [2.24, 2.45) is 0 Å². The molecule has 1 saturated heterocycles. The molecule has 1 aliphatic rings. The van der Waals surface area contributed by atoms with Crippen molar-refractivity contribution < 1.29 is 14.1 Å². The Hall–Kier alpha value is -1.85. The molecule has 0 radical (unpaired) electrons. The van der Waals surface area contributed by atoms with Crippen molar-refractivity contribution in [1.82, 2.24) is 5.32 Å². The Morgan fingerprint density at radius 1 is 1.60 bits per heavy atom. The molecule has 0 aliphatic carbocycles. The van der Waals surface area contributed by atoms with E-state index >= 15 is 0 Å². The van der Waals surface area contributed by atoms with E-state index in [-0.39, 0.29) is 23.7 Å². The van der Waals surface area contributed by atoms with Gasteiger partial charge in [-0.3, -0.25) is 14.9 Å². The predicted octanol–water partition coefficient (Wildman–Crippen LogP) is 0.876. The number of nitro groups is 1. The highest BCUT2D eigenvalue weighted by atomic mass is 16.6. The molecule has 80 valence electrons. The van der Waals surface area contributed by atoms with Gasteiger partial charge in [0.05, 0.1) is 6.26 Å². The minimum absolute atomic E-state index is 0.172. The third kappa shape index (κ3) is 1.83. The lowest BCUT2D eigenvalue weighted by atomic mass is 9.97. The van der Waals surface area contributed by atoms with E-state index in [4.69, 9.17) is 4.42 Å². The molecule has 2 atom stereocenters. The van der Waals surface area contributed by atoms with Gasteiger partial charge in [0.15, 0.2) is 6.04 Å². The molecule has 0 aromatic carbocycles. The summed E-state index contributed by atoms with van der Waals surface area (Å²) in [4.78, 5) is 21.6. The second-order valence-electron chi connectivity index (χ2n) is 3.45. The second-order valence-corrected chi connectivity index (χ2v) is 3.45. The molecule has 1 N–H and O–H groups in total. The van der Waals surface area contributed by atoms with Crippen LogP contribution in [-0.4, -0.2) is 16.9 Å². The van der Waals surface area contributed by atoms with Crippen LogP contribution in [0, 0.1) is 10.1 Å². The fourth-order valence-corrected chi connectivity index (χ4v) is 1.74. The molecule has 2 rings (SSSR count). The molecule has 1 aromatic heterocycles. The zero-order chi connectivity index (χ0) is 10.8. The molecule has 1 aliphatic heterocycles. The van der Waals surface area contributed by atoms with E-state index in [9.17, 15) is 14.9 Å². The van der Waals surface area contributed by atoms with E-state index in [2.05, 4.69) is 5.32 Å². The standard InChI is InChI=1S/C9H10N2O4/c12-8-4-3-6(11(13)14)9(10-8)7-2-1-5-15-7/h1-2,5-6,9H,3-4H2,(H,10,12)/t6-,9+/m0/s1. The number of hydrogen-bond acceptors (Lipinski definition) is 4. The van der Waals surface area contributed by atoms with E-state index in [1.54, 1.807) is 12.1 Å². The van der Waals surface area contributed by atoms with Gasteiger partial charge in [0.2, 0.25) is 11.9 Å². The molecular formula is C9H10N2O4. The summed E-state index contributed by atoms with van der Waals surface area (Å²) >= 11 is 0. The molecule has 1 fully saturated rings. The molecule has 15 heavy (non-hydrogen) atoms. The van der Waals surface area contributed by atoms with Gasteiger partial charge in [-0.05, 0) is 12.1 Å². The van der Waals surface area contributed by atoms with Crippen LogP contribution in [0.1, 0.15) is 24.6 Å². The summed E-state index contributed by atoms with van der Waals surface area (Å²) in [5.41, 5.74) is 0. The minimum Gasteiger partial charge on any atom is -0.467 e. The minimum atomic E-state index is -0.797. The summed E-state index contributed by atoms with van der Waals surface area (Å²) in [6, 6.07) is 1.84. The van der Waals surface area contributed by atoms with Gasteiger partial charge in [-0.15, -0.1) is 0 Å². The molecule has 6 nitrogen and oxygen atoms in total. The number of hydrogen-bond donors (Lipinski definition) is 1. The maximum absolute atomic E-state index is 11.2. The van der Waals surface area contributed by atoms with Gasteiger partial charge < -0.3 is 9.73 Å². The molecule has 6 heteroatoms. The second kappa shape index (κ2) is 3.72. The van der Waals surface area contributed by atoms with Crippen LogP contribution in [0.2, 0.25) is 0 Å². The summed E-state index contributed by atoms with van der Waals surface area (Å²) < 4.78 is 5.08. The van der Waals surface area contributed by atoms with E-state index in [1.165, 1.54) is 6.26 Å². The summed E-state index contributed by atoms with van der Waals surface area (Å²) in [5, 5.41) is 13.4. The number of piperidine rings is 1. The first-order valence-corrected chi connectivity index (χ1v) is 4.65. The Labute approximate surface area is 85.4 Å². The Balaban J connectivity index is 2.24. The zero-order valence-corrected chi connectivity index (χ0v) is 7.88. The molecule has 0 bridgehead atoms. The first-order valence-electron chi connectivity index (χ1n) is 4.65. The topological polar surface area (TPSA) is 85.4 Å². The third-order valence-corrected chi connectivity index (χ3v) is 2.49. The number of nitrogens with zero attached hydrogens (tertiary/aromatic N) is 1. The van der Waals surface area contributed by atoms with Gasteiger partial charge in [0.1, 0.15) is 5.76 Å². The van der Waals surface area contributed by atoms with Crippen molar-refractivity contribution >= 4 is 5.91 Å².